The molecule has 2 aromatic carbocycles. The first-order valence-electron chi connectivity index (χ1n) is 11.5. The number of ketones is 2. The monoisotopic (exact) mass is 468 g/mol. The Labute approximate surface area is 203 Å². The van der Waals surface area contributed by atoms with E-state index in [2.05, 4.69) is 30.7 Å². The fraction of sp³-hybridized carbons (Fsp3) is 0.241. The van der Waals surface area contributed by atoms with Gasteiger partial charge in [-0.15, -0.1) is 0 Å². The average molecular weight is 469 g/mol. The number of hydrogen-bond donors (Lipinski definition) is 2. The SMILES string of the molecule is COC1=C(c2c(C(C)(C)C)[nH]c3ccccc23)C(=O)C(OC)=C(c2c[nH]c3c(C)cccc23)C1=O. The smallest absolute Gasteiger partial charge is 0.232 e. The molecule has 0 radical (unpaired) electrons. The van der Waals surface area contributed by atoms with Crippen LogP contribution >= 0.6 is 0 Å². The number of nitrogens with one attached hydrogen (secondary N) is 2. The zero-order valence-electron chi connectivity index (χ0n) is 20.8. The van der Waals surface area contributed by atoms with Crippen molar-refractivity contribution in [3.63, 3.8) is 0 Å². The van der Waals surface area contributed by atoms with Gasteiger partial charge in [0.05, 0.1) is 25.4 Å². The molecule has 0 saturated carbocycles. The maximum absolute atomic E-state index is 14.1. The first kappa shape index (κ1) is 22.7. The predicted molar refractivity (Wildman–Crippen MR) is 138 cm³/mol. The van der Waals surface area contributed by atoms with Gasteiger partial charge in [-0.05, 0) is 18.6 Å². The highest BCUT2D eigenvalue weighted by Gasteiger charge is 2.41. The van der Waals surface area contributed by atoms with E-state index in [1.165, 1.54) is 14.2 Å². The molecule has 2 heterocycles. The molecule has 5 rings (SSSR count). The summed E-state index contributed by atoms with van der Waals surface area (Å²) in [6.07, 6.45) is 1.75. The van der Waals surface area contributed by atoms with Crippen molar-refractivity contribution in [1.82, 2.24) is 9.97 Å². The molecule has 2 N–H and O–H groups in total. The summed E-state index contributed by atoms with van der Waals surface area (Å²) in [4.78, 5) is 34.8. The summed E-state index contributed by atoms with van der Waals surface area (Å²) in [6.45, 7) is 8.19. The molecular formula is C29H28N2O4. The van der Waals surface area contributed by atoms with Crippen LogP contribution in [0.1, 0.15) is 43.2 Å². The number of rotatable bonds is 4. The molecule has 1 aliphatic rings. The summed E-state index contributed by atoms with van der Waals surface area (Å²) < 4.78 is 11.3. The van der Waals surface area contributed by atoms with E-state index < -0.39 is 0 Å². The Kier molecular flexibility index (Phi) is 5.20. The molecule has 0 fully saturated rings. The molecule has 2 aromatic heterocycles. The Morgan fingerprint density at radius 3 is 2.11 bits per heavy atom. The van der Waals surface area contributed by atoms with Crippen LogP contribution in [0.2, 0.25) is 0 Å². The van der Waals surface area contributed by atoms with Crippen LogP contribution in [-0.2, 0) is 24.5 Å². The molecule has 0 atom stereocenters. The minimum atomic E-state index is -0.383. The van der Waals surface area contributed by atoms with Crippen LogP contribution in [0.4, 0.5) is 0 Å². The van der Waals surface area contributed by atoms with Gasteiger partial charge in [-0.25, -0.2) is 0 Å². The summed E-state index contributed by atoms with van der Waals surface area (Å²) in [5.41, 5.74) is 5.07. The fourth-order valence-electron chi connectivity index (χ4n) is 5.00. The number of carbonyl (C=O) groups is 2. The first-order valence-corrected chi connectivity index (χ1v) is 11.5. The van der Waals surface area contributed by atoms with Crippen molar-refractivity contribution in [1.29, 1.82) is 0 Å². The largest absolute Gasteiger partial charge is 0.492 e. The van der Waals surface area contributed by atoms with E-state index in [-0.39, 0.29) is 39.6 Å². The molecule has 6 nitrogen and oxygen atoms in total. The van der Waals surface area contributed by atoms with E-state index in [1.807, 2.05) is 49.4 Å². The summed E-state index contributed by atoms with van der Waals surface area (Å²) >= 11 is 0. The molecule has 0 unspecified atom stereocenters. The lowest BCUT2D eigenvalue weighted by atomic mass is 9.81. The number of aryl methyl sites for hydroxylation is 1. The Balaban J connectivity index is 1.82. The van der Waals surface area contributed by atoms with Crippen LogP contribution in [0.25, 0.3) is 33.0 Å². The number of carbonyl (C=O) groups excluding carboxylic acids is 2. The summed E-state index contributed by atoms with van der Waals surface area (Å²) in [6, 6.07) is 13.6. The van der Waals surface area contributed by atoms with E-state index >= 15 is 0 Å². The van der Waals surface area contributed by atoms with Crippen LogP contribution in [-0.4, -0.2) is 35.8 Å². The van der Waals surface area contributed by atoms with Crippen molar-refractivity contribution in [3.05, 3.63) is 82.6 Å². The second-order valence-electron chi connectivity index (χ2n) is 9.85. The third-order valence-electron chi connectivity index (χ3n) is 6.63. The van der Waals surface area contributed by atoms with Crippen LogP contribution < -0.4 is 0 Å². The summed E-state index contributed by atoms with van der Waals surface area (Å²) in [5, 5.41) is 1.70. The maximum Gasteiger partial charge on any atom is 0.232 e. The predicted octanol–water partition coefficient (Wildman–Crippen LogP) is 5.82. The highest BCUT2D eigenvalue weighted by atomic mass is 16.5. The first-order chi connectivity index (χ1) is 16.7. The molecule has 0 amide bonds. The minimum Gasteiger partial charge on any atom is -0.492 e. The van der Waals surface area contributed by atoms with Crippen molar-refractivity contribution in [2.75, 3.05) is 14.2 Å². The maximum atomic E-state index is 14.1. The molecule has 4 aromatic rings. The Bertz CT molecular complexity index is 1590. The molecule has 0 aliphatic heterocycles. The normalized spacial score (nSPS) is 15.0. The van der Waals surface area contributed by atoms with Crippen LogP contribution in [0.5, 0.6) is 0 Å². The minimum absolute atomic E-state index is 0.0124. The molecular weight excluding hydrogens is 440 g/mol. The highest BCUT2D eigenvalue weighted by molar-refractivity contribution is 6.48. The number of para-hydroxylation sites is 2. The Morgan fingerprint density at radius 2 is 1.43 bits per heavy atom. The Morgan fingerprint density at radius 1 is 0.800 bits per heavy atom. The van der Waals surface area contributed by atoms with Crippen molar-refractivity contribution < 1.29 is 19.1 Å². The van der Waals surface area contributed by atoms with Gasteiger partial charge in [-0.1, -0.05) is 57.2 Å². The van der Waals surface area contributed by atoms with Crippen molar-refractivity contribution in [2.24, 2.45) is 0 Å². The summed E-state index contributed by atoms with van der Waals surface area (Å²) in [5.74, 6) is -0.732. The number of H-pyrrole nitrogens is 2. The molecule has 6 heteroatoms. The van der Waals surface area contributed by atoms with Crippen molar-refractivity contribution in [2.45, 2.75) is 33.1 Å². The van der Waals surface area contributed by atoms with E-state index in [4.69, 9.17) is 9.47 Å². The summed E-state index contributed by atoms with van der Waals surface area (Å²) in [7, 11) is 2.86. The number of hydrogen-bond acceptors (Lipinski definition) is 4. The number of allylic oxidation sites excluding steroid dienone is 2. The number of aromatic amines is 2. The topological polar surface area (TPSA) is 84.2 Å². The van der Waals surface area contributed by atoms with Gasteiger partial charge in [0.15, 0.2) is 11.5 Å². The van der Waals surface area contributed by atoms with Crippen LogP contribution in [0, 0.1) is 6.92 Å². The molecule has 178 valence electrons. The van der Waals surface area contributed by atoms with Gasteiger partial charge in [-0.3, -0.25) is 9.59 Å². The molecule has 0 spiro atoms. The van der Waals surface area contributed by atoms with E-state index in [1.54, 1.807) is 6.20 Å². The molecule has 35 heavy (non-hydrogen) atoms. The van der Waals surface area contributed by atoms with Gasteiger partial charge in [0.25, 0.3) is 0 Å². The standard InChI is InChI=1S/C29H28N2O4/c1-15-10-9-12-16-18(14-30-23(15)16)21-24(32)27(35-6)22(25(33)26(21)34-5)20-17-11-7-8-13-19(17)31-28(20)29(2,3)4/h7-14,30-31H,1-6H3. The lowest BCUT2D eigenvalue weighted by Gasteiger charge is -2.25. The highest BCUT2D eigenvalue weighted by Crippen LogP contribution is 2.43. The van der Waals surface area contributed by atoms with E-state index in [0.717, 1.165) is 33.1 Å². The second kappa shape index (κ2) is 8.01. The third kappa shape index (κ3) is 3.32. The Hall–Kier alpha value is -4.06. The average Bonchev–Trinajstić information content (AvgIpc) is 3.42. The lowest BCUT2D eigenvalue weighted by molar-refractivity contribution is -0.117. The van der Waals surface area contributed by atoms with Gasteiger partial charge in [0.1, 0.15) is 0 Å². The number of ether oxygens (including phenoxy) is 2. The molecule has 0 bridgehead atoms. The number of fused-ring (bicyclic) bond motifs is 2. The van der Waals surface area contributed by atoms with E-state index in [0.29, 0.717) is 11.1 Å². The van der Waals surface area contributed by atoms with Gasteiger partial charge in [0.2, 0.25) is 11.6 Å². The number of methoxy groups -OCH3 is 2. The number of aromatic nitrogens is 2. The second-order valence-corrected chi connectivity index (χ2v) is 9.85. The molecule has 1 aliphatic carbocycles. The number of benzene rings is 2. The zero-order chi connectivity index (χ0) is 25.1. The zero-order valence-corrected chi connectivity index (χ0v) is 20.8. The van der Waals surface area contributed by atoms with Gasteiger partial charge >= 0.3 is 0 Å². The van der Waals surface area contributed by atoms with Gasteiger partial charge in [0, 0.05) is 50.2 Å². The van der Waals surface area contributed by atoms with E-state index in [9.17, 15) is 9.59 Å². The quantitative estimate of drug-likeness (QED) is 0.370. The number of Topliss-reactive ketones (excluding diaryl/α,β-unsaturated/α-hetero) is 2. The fourth-order valence-corrected chi connectivity index (χ4v) is 5.00. The third-order valence-corrected chi connectivity index (χ3v) is 6.63. The van der Waals surface area contributed by atoms with Gasteiger partial charge in [-0.2, -0.15) is 0 Å². The van der Waals surface area contributed by atoms with Crippen molar-refractivity contribution >= 4 is 44.5 Å². The van der Waals surface area contributed by atoms with Crippen molar-refractivity contribution in [3.8, 4) is 0 Å². The van der Waals surface area contributed by atoms with Crippen LogP contribution in [0.3, 0.4) is 0 Å². The van der Waals surface area contributed by atoms with Crippen LogP contribution in [0.15, 0.2) is 60.2 Å². The lowest BCUT2D eigenvalue weighted by Crippen LogP contribution is -2.26. The van der Waals surface area contributed by atoms with Gasteiger partial charge < -0.3 is 19.4 Å². The molecule has 0 saturated heterocycles.